The van der Waals surface area contributed by atoms with Crippen molar-refractivity contribution in [1.82, 2.24) is 4.90 Å². The first kappa shape index (κ1) is 23.2. The average Bonchev–Trinajstić information content (AvgIpc) is 3.35. The lowest BCUT2D eigenvalue weighted by Crippen LogP contribution is -2.40. The van der Waals surface area contributed by atoms with Gasteiger partial charge in [0.05, 0.1) is 7.11 Å². The maximum absolute atomic E-state index is 12.8. The highest BCUT2D eigenvalue weighted by Gasteiger charge is 2.34. The first-order valence-electron chi connectivity index (χ1n) is 11.3. The minimum absolute atomic E-state index is 0.113. The van der Waals surface area contributed by atoms with E-state index in [9.17, 15) is 19.5 Å². The van der Waals surface area contributed by atoms with Crippen LogP contribution in [-0.2, 0) is 22.4 Å². The van der Waals surface area contributed by atoms with Crippen molar-refractivity contribution in [2.24, 2.45) is 0 Å². The summed E-state index contributed by atoms with van der Waals surface area (Å²) in [5, 5.41) is 9.33. The number of hydrogen-bond donors (Lipinski definition) is 1. The largest absolute Gasteiger partial charge is 0.496 e. The molecule has 0 saturated carbocycles. The number of methoxy groups -OCH3 is 1. The molecule has 0 unspecified atom stereocenters. The van der Waals surface area contributed by atoms with E-state index in [2.05, 4.69) is 0 Å². The van der Waals surface area contributed by atoms with Crippen molar-refractivity contribution in [1.29, 1.82) is 0 Å². The lowest BCUT2D eigenvalue weighted by Gasteiger charge is -2.21. The van der Waals surface area contributed by atoms with E-state index in [1.165, 1.54) is 4.90 Å². The quantitative estimate of drug-likeness (QED) is 0.542. The summed E-state index contributed by atoms with van der Waals surface area (Å²) < 4.78 is 5.33. The predicted molar refractivity (Wildman–Crippen MR) is 129 cm³/mol. The minimum Gasteiger partial charge on any atom is -0.496 e. The molecule has 1 fully saturated rings. The summed E-state index contributed by atoms with van der Waals surface area (Å²) in [4.78, 5) is 38.1. The van der Waals surface area contributed by atoms with Gasteiger partial charge in [-0.15, -0.1) is 0 Å². The van der Waals surface area contributed by atoms with Crippen molar-refractivity contribution in [2.45, 2.75) is 31.7 Å². The molecule has 34 heavy (non-hydrogen) atoms. The zero-order valence-corrected chi connectivity index (χ0v) is 19.1. The molecule has 0 aliphatic carbocycles. The lowest BCUT2D eigenvalue weighted by atomic mass is 9.98. The Morgan fingerprint density at radius 1 is 0.912 bits per heavy atom. The molecule has 1 aliphatic rings. The molecule has 3 aromatic rings. The highest BCUT2D eigenvalue weighted by atomic mass is 16.5. The Labute approximate surface area is 198 Å². The van der Waals surface area contributed by atoms with Crippen molar-refractivity contribution in [3.8, 4) is 16.9 Å². The Balaban J connectivity index is 1.39. The van der Waals surface area contributed by atoms with Crippen LogP contribution in [0.15, 0.2) is 72.8 Å². The summed E-state index contributed by atoms with van der Waals surface area (Å²) in [5.41, 5.74) is 4.22. The molecule has 1 atom stereocenters. The van der Waals surface area contributed by atoms with Gasteiger partial charge in [-0.3, -0.25) is 9.59 Å². The van der Waals surface area contributed by atoms with E-state index >= 15 is 0 Å². The third-order valence-corrected chi connectivity index (χ3v) is 6.20. The fraction of sp³-hybridized carbons (Fsp3) is 0.250. The Hall–Kier alpha value is -3.93. The molecule has 3 aromatic carbocycles. The first-order chi connectivity index (χ1) is 16.5. The van der Waals surface area contributed by atoms with E-state index in [1.54, 1.807) is 19.2 Å². The van der Waals surface area contributed by atoms with Crippen LogP contribution in [0.1, 0.15) is 34.3 Å². The van der Waals surface area contributed by atoms with Crippen LogP contribution in [0, 0.1) is 0 Å². The van der Waals surface area contributed by atoms with Crippen LogP contribution in [0.4, 0.5) is 0 Å². The number of carbonyl (C=O) groups is 3. The number of likely N-dealkylation sites (tertiary alicyclic amines) is 1. The van der Waals surface area contributed by atoms with Crippen molar-refractivity contribution >= 4 is 17.7 Å². The highest BCUT2D eigenvalue weighted by molar-refractivity contribution is 5.97. The molecule has 0 radical (unpaired) electrons. The molecular weight excluding hydrogens is 430 g/mol. The summed E-state index contributed by atoms with van der Waals surface area (Å²) in [5.74, 6) is -0.373. The van der Waals surface area contributed by atoms with Gasteiger partial charge in [-0.05, 0) is 47.7 Å². The number of para-hydroxylation sites is 1. The maximum atomic E-state index is 12.8. The van der Waals surface area contributed by atoms with Crippen LogP contribution in [0.25, 0.3) is 11.1 Å². The van der Waals surface area contributed by atoms with E-state index < -0.39 is 12.0 Å². The normalized spacial score (nSPS) is 15.2. The summed E-state index contributed by atoms with van der Waals surface area (Å²) >= 11 is 0. The number of rotatable bonds is 8. The summed E-state index contributed by atoms with van der Waals surface area (Å²) in [6.45, 7) is 0.467. The zero-order chi connectivity index (χ0) is 24.1. The molecule has 0 spiro atoms. The van der Waals surface area contributed by atoms with Crippen LogP contribution in [0.3, 0.4) is 0 Å². The molecular formula is C28H27NO5. The fourth-order valence-corrected chi connectivity index (χ4v) is 4.40. The number of carboxylic acid groups (broad SMARTS) is 1. The molecule has 174 valence electrons. The number of nitrogens with zero attached hydrogens (tertiary/aromatic N) is 1. The molecule has 0 aromatic heterocycles. The van der Waals surface area contributed by atoms with E-state index in [1.807, 2.05) is 60.7 Å². The fourth-order valence-electron chi connectivity index (χ4n) is 4.40. The Morgan fingerprint density at radius 2 is 1.56 bits per heavy atom. The van der Waals surface area contributed by atoms with Gasteiger partial charge in [0, 0.05) is 30.5 Å². The number of amides is 1. The molecule has 6 nitrogen and oxygen atoms in total. The second-order valence-electron chi connectivity index (χ2n) is 8.47. The molecule has 0 bridgehead atoms. The number of benzene rings is 3. The van der Waals surface area contributed by atoms with E-state index in [0.29, 0.717) is 37.8 Å². The highest BCUT2D eigenvalue weighted by Crippen LogP contribution is 2.24. The summed E-state index contributed by atoms with van der Waals surface area (Å²) in [6, 6.07) is 21.8. The number of ketones is 1. The number of carboxylic acids is 1. The predicted octanol–water partition coefficient (Wildman–Crippen LogP) is 4.41. The zero-order valence-electron chi connectivity index (χ0n) is 19.1. The van der Waals surface area contributed by atoms with Crippen molar-refractivity contribution in [3.63, 3.8) is 0 Å². The second-order valence-corrected chi connectivity index (χ2v) is 8.47. The molecule has 6 heteroatoms. The number of aliphatic carboxylic acids is 1. The van der Waals surface area contributed by atoms with Crippen LogP contribution < -0.4 is 4.74 Å². The molecule has 1 saturated heterocycles. The van der Waals surface area contributed by atoms with Crippen molar-refractivity contribution in [2.75, 3.05) is 13.7 Å². The minimum atomic E-state index is -0.955. The van der Waals surface area contributed by atoms with Crippen LogP contribution in [0.5, 0.6) is 5.75 Å². The molecule has 1 amide bonds. The SMILES string of the molecule is COc1ccccc1CC(=O)Cc1ccc(-c2ccc(C(=O)N3CCC[C@@H]3C(=O)O)cc2)cc1. The average molecular weight is 458 g/mol. The van der Waals surface area contributed by atoms with Gasteiger partial charge in [0.25, 0.3) is 5.91 Å². The number of carbonyl (C=O) groups excluding carboxylic acids is 2. The first-order valence-corrected chi connectivity index (χ1v) is 11.3. The van der Waals surface area contributed by atoms with E-state index in [-0.39, 0.29) is 11.7 Å². The number of ether oxygens (including phenoxy) is 1. The van der Waals surface area contributed by atoms with Crippen LogP contribution >= 0.6 is 0 Å². The smallest absolute Gasteiger partial charge is 0.326 e. The van der Waals surface area contributed by atoms with Crippen LogP contribution in [0.2, 0.25) is 0 Å². The van der Waals surface area contributed by atoms with Gasteiger partial charge in [0.15, 0.2) is 0 Å². The van der Waals surface area contributed by atoms with Gasteiger partial charge < -0.3 is 14.7 Å². The third kappa shape index (κ3) is 5.17. The van der Waals surface area contributed by atoms with Gasteiger partial charge in [-0.2, -0.15) is 0 Å². The van der Waals surface area contributed by atoms with Crippen molar-refractivity contribution in [3.05, 3.63) is 89.5 Å². The topological polar surface area (TPSA) is 83.9 Å². The van der Waals surface area contributed by atoms with Gasteiger partial charge in [-0.25, -0.2) is 4.79 Å². The Bertz CT molecular complexity index is 1180. The Kier molecular flexibility index (Phi) is 7.07. The van der Waals surface area contributed by atoms with E-state index in [0.717, 1.165) is 28.0 Å². The number of hydrogen-bond acceptors (Lipinski definition) is 4. The van der Waals surface area contributed by atoms with Gasteiger partial charge >= 0.3 is 5.97 Å². The summed E-state index contributed by atoms with van der Waals surface area (Å²) in [6.07, 6.45) is 1.86. The molecule has 4 rings (SSSR count). The van der Waals surface area contributed by atoms with Crippen LogP contribution in [-0.4, -0.2) is 47.4 Å². The lowest BCUT2D eigenvalue weighted by molar-refractivity contribution is -0.141. The van der Waals surface area contributed by atoms with Gasteiger partial charge in [-0.1, -0.05) is 54.6 Å². The van der Waals surface area contributed by atoms with E-state index in [4.69, 9.17) is 4.74 Å². The molecule has 1 heterocycles. The standard InChI is InChI=1S/C28H27NO5/c1-34-26-7-3-2-5-23(26)18-24(30)17-19-8-10-20(11-9-19)21-12-14-22(15-13-21)27(31)29-16-4-6-25(29)28(32)33/h2-3,5,7-15,25H,4,6,16-18H2,1H3,(H,32,33)/t25-/m1/s1. The summed E-state index contributed by atoms with van der Waals surface area (Å²) in [7, 11) is 1.60. The van der Waals surface area contributed by atoms with Gasteiger partial charge in [0.1, 0.15) is 17.6 Å². The molecule has 1 N–H and O–H groups in total. The monoisotopic (exact) mass is 457 g/mol. The van der Waals surface area contributed by atoms with Crippen molar-refractivity contribution < 1.29 is 24.2 Å². The van der Waals surface area contributed by atoms with Gasteiger partial charge in [0.2, 0.25) is 0 Å². The maximum Gasteiger partial charge on any atom is 0.326 e. The molecule has 1 aliphatic heterocycles. The second kappa shape index (κ2) is 10.3. The third-order valence-electron chi connectivity index (χ3n) is 6.20. The number of Topliss-reactive ketones (excluding diaryl/α,β-unsaturated/α-hetero) is 1. The Morgan fingerprint density at radius 3 is 2.21 bits per heavy atom.